The molecule has 1 aromatic carbocycles. The Morgan fingerprint density at radius 3 is 2.60 bits per heavy atom. The van der Waals surface area contributed by atoms with Gasteiger partial charge >= 0.3 is 0 Å². The van der Waals surface area contributed by atoms with Crippen molar-refractivity contribution >= 4 is 45.9 Å². The lowest BCUT2D eigenvalue weighted by Gasteiger charge is -2.09. The first-order valence-electron chi connectivity index (χ1n) is 9.13. The number of anilines is 2. The highest BCUT2D eigenvalue weighted by atomic mass is 32.2. The van der Waals surface area contributed by atoms with Crippen LogP contribution in [0.4, 0.5) is 10.9 Å². The maximum atomic E-state index is 12.3. The number of aryl methyl sites for hydroxylation is 2. The number of thioether (sulfide) groups is 1. The van der Waals surface area contributed by atoms with Crippen molar-refractivity contribution in [3.63, 3.8) is 0 Å². The number of hydrogen-bond donors (Lipinski definition) is 2. The van der Waals surface area contributed by atoms with Crippen molar-refractivity contribution < 1.29 is 18.8 Å². The monoisotopic (exact) mass is 446 g/mol. The van der Waals surface area contributed by atoms with Crippen LogP contribution < -0.4 is 15.4 Å². The highest BCUT2D eigenvalue weighted by molar-refractivity contribution is 8.01. The molecule has 1 atom stereocenters. The van der Waals surface area contributed by atoms with Crippen LogP contribution in [0.25, 0.3) is 11.3 Å². The molecule has 1 unspecified atom stereocenters. The Kier molecular flexibility index (Phi) is 7.11. The van der Waals surface area contributed by atoms with E-state index in [0.29, 0.717) is 16.7 Å². The van der Waals surface area contributed by atoms with Gasteiger partial charge in [-0.15, -0.1) is 23.1 Å². The lowest BCUT2D eigenvalue weighted by atomic mass is 10.1. The summed E-state index contributed by atoms with van der Waals surface area (Å²) >= 11 is 2.64. The molecule has 0 saturated carbocycles. The van der Waals surface area contributed by atoms with Crippen molar-refractivity contribution in [2.24, 2.45) is 0 Å². The van der Waals surface area contributed by atoms with Crippen molar-refractivity contribution in [1.29, 1.82) is 0 Å². The number of benzene rings is 1. The van der Waals surface area contributed by atoms with Gasteiger partial charge in [-0.05, 0) is 45.0 Å². The highest BCUT2D eigenvalue weighted by Gasteiger charge is 2.18. The van der Waals surface area contributed by atoms with Gasteiger partial charge in [-0.1, -0.05) is 5.16 Å². The molecule has 8 nitrogen and oxygen atoms in total. The van der Waals surface area contributed by atoms with Crippen molar-refractivity contribution in [2.75, 3.05) is 23.5 Å². The van der Waals surface area contributed by atoms with E-state index in [2.05, 4.69) is 20.8 Å². The quantitative estimate of drug-likeness (QED) is 0.536. The molecule has 3 aromatic rings. The van der Waals surface area contributed by atoms with Crippen molar-refractivity contribution in [3.05, 3.63) is 41.0 Å². The average molecular weight is 447 g/mol. The number of carbonyl (C=O) groups excluding carboxylic acids is 2. The molecule has 0 aliphatic rings. The summed E-state index contributed by atoms with van der Waals surface area (Å²) in [5.41, 5.74) is 1.77. The molecule has 3 rings (SSSR count). The fourth-order valence-electron chi connectivity index (χ4n) is 2.55. The summed E-state index contributed by atoms with van der Waals surface area (Å²) in [6.07, 6.45) is 0. The zero-order chi connectivity index (χ0) is 21.7. The van der Waals surface area contributed by atoms with Crippen molar-refractivity contribution in [2.45, 2.75) is 26.0 Å². The van der Waals surface area contributed by atoms with Crippen LogP contribution in [0.5, 0.6) is 5.75 Å². The molecule has 0 aliphatic heterocycles. The lowest BCUT2D eigenvalue weighted by Crippen LogP contribution is -2.25. The number of ether oxygens (including phenoxy) is 1. The second-order valence-corrected chi connectivity index (χ2v) is 9.00. The van der Waals surface area contributed by atoms with Crippen LogP contribution in [0, 0.1) is 13.8 Å². The van der Waals surface area contributed by atoms with Crippen molar-refractivity contribution in [1.82, 2.24) is 10.1 Å². The minimum absolute atomic E-state index is 0.128. The fourth-order valence-corrected chi connectivity index (χ4v) is 4.09. The number of aromatic nitrogens is 2. The van der Waals surface area contributed by atoms with Gasteiger partial charge in [-0.25, -0.2) is 4.98 Å². The normalized spacial score (nSPS) is 11.7. The van der Waals surface area contributed by atoms with E-state index in [1.807, 2.05) is 31.2 Å². The van der Waals surface area contributed by atoms with E-state index < -0.39 is 5.25 Å². The summed E-state index contributed by atoms with van der Waals surface area (Å²) in [7, 11) is 1.62. The van der Waals surface area contributed by atoms with Crippen LogP contribution in [-0.4, -0.2) is 40.1 Å². The maximum Gasteiger partial charge on any atom is 0.238 e. The topological polar surface area (TPSA) is 106 Å². The van der Waals surface area contributed by atoms with Gasteiger partial charge < -0.3 is 19.9 Å². The Bertz CT molecular complexity index is 1030. The Morgan fingerprint density at radius 2 is 1.97 bits per heavy atom. The van der Waals surface area contributed by atoms with Crippen LogP contribution in [0.2, 0.25) is 0 Å². The van der Waals surface area contributed by atoms with E-state index in [1.165, 1.54) is 23.1 Å². The van der Waals surface area contributed by atoms with Gasteiger partial charge in [0.2, 0.25) is 11.8 Å². The first-order chi connectivity index (χ1) is 14.4. The minimum atomic E-state index is -0.430. The van der Waals surface area contributed by atoms with Gasteiger partial charge in [0.15, 0.2) is 10.9 Å². The molecule has 0 bridgehead atoms. The number of rotatable bonds is 8. The second-order valence-electron chi connectivity index (χ2n) is 6.47. The average Bonchev–Trinajstić information content (AvgIpc) is 3.30. The van der Waals surface area contributed by atoms with Crippen LogP contribution in [-0.2, 0) is 9.59 Å². The summed E-state index contributed by atoms with van der Waals surface area (Å²) in [5, 5.41) is 9.29. The number of methoxy groups -OCH3 is 1. The summed E-state index contributed by atoms with van der Waals surface area (Å²) in [4.78, 5) is 30.0. The van der Waals surface area contributed by atoms with E-state index in [-0.39, 0.29) is 17.6 Å². The number of amides is 2. The molecular formula is C20H22N4O4S2. The second kappa shape index (κ2) is 9.77. The lowest BCUT2D eigenvalue weighted by molar-refractivity contribution is -0.115. The SMILES string of the molecule is COc1ccc(-c2nc(NC(=O)CSC(C)C(=O)Nc3cc(C)on3)sc2C)cc1. The molecule has 2 heterocycles. The molecule has 0 aliphatic carbocycles. The summed E-state index contributed by atoms with van der Waals surface area (Å²) in [6.45, 7) is 5.43. The number of carbonyl (C=O) groups is 2. The van der Waals surface area contributed by atoms with E-state index in [1.54, 1.807) is 27.0 Å². The Labute approximate surface area is 182 Å². The van der Waals surface area contributed by atoms with E-state index in [0.717, 1.165) is 21.9 Å². The van der Waals surface area contributed by atoms with E-state index in [9.17, 15) is 9.59 Å². The van der Waals surface area contributed by atoms with Crippen molar-refractivity contribution in [3.8, 4) is 17.0 Å². The van der Waals surface area contributed by atoms with Gasteiger partial charge in [0.05, 0.1) is 23.8 Å². The fraction of sp³-hybridized carbons (Fsp3) is 0.300. The molecule has 0 saturated heterocycles. The highest BCUT2D eigenvalue weighted by Crippen LogP contribution is 2.31. The first kappa shape index (κ1) is 21.8. The summed E-state index contributed by atoms with van der Waals surface area (Å²) in [6, 6.07) is 9.23. The Balaban J connectivity index is 1.52. The minimum Gasteiger partial charge on any atom is -0.497 e. The van der Waals surface area contributed by atoms with Gasteiger partial charge in [-0.3, -0.25) is 9.59 Å². The number of hydrogen-bond acceptors (Lipinski definition) is 8. The number of nitrogens with zero attached hydrogens (tertiary/aromatic N) is 2. The molecule has 0 radical (unpaired) electrons. The molecular weight excluding hydrogens is 424 g/mol. The standard InChI is InChI=1S/C20H22N4O4S2/c1-11-9-16(24-28-11)21-19(26)13(3)29-10-17(25)22-20-23-18(12(2)30-20)14-5-7-15(27-4)8-6-14/h5-9,13H,10H2,1-4H3,(H,21,24,26)(H,22,23,25). The van der Waals surface area contributed by atoms with Crippen LogP contribution in [0.15, 0.2) is 34.9 Å². The van der Waals surface area contributed by atoms with E-state index >= 15 is 0 Å². The third kappa shape index (κ3) is 5.61. The first-order valence-corrected chi connectivity index (χ1v) is 11.0. The van der Waals surface area contributed by atoms with E-state index in [4.69, 9.17) is 9.26 Å². The van der Waals surface area contributed by atoms with Crippen LogP contribution in [0.3, 0.4) is 0 Å². The predicted octanol–water partition coefficient (Wildman–Crippen LogP) is 4.12. The molecule has 30 heavy (non-hydrogen) atoms. The third-order valence-electron chi connectivity index (χ3n) is 4.12. The van der Waals surface area contributed by atoms with Crippen LogP contribution >= 0.6 is 23.1 Å². The van der Waals surface area contributed by atoms with Gasteiger partial charge in [0.1, 0.15) is 11.5 Å². The van der Waals surface area contributed by atoms with Gasteiger partial charge in [0.25, 0.3) is 0 Å². The van der Waals surface area contributed by atoms with Crippen LogP contribution in [0.1, 0.15) is 17.6 Å². The summed E-state index contributed by atoms with van der Waals surface area (Å²) < 4.78 is 10.1. The smallest absolute Gasteiger partial charge is 0.238 e. The largest absolute Gasteiger partial charge is 0.497 e. The Hall–Kier alpha value is -2.85. The molecule has 10 heteroatoms. The molecule has 2 aromatic heterocycles. The molecule has 158 valence electrons. The predicted molar refractivity (Wildman–Crippen MR) is 119 cm³/mol. The maximum absolute atomic E-state index is 12.3. The third-order valence-corrected chi connectivity index (χ3v) is 6.15. The zero-order valence-electron chi connectivity index (χ0n) is 17.0. The molecule has 2 N–H and O–H groups in total. The number of nitrogens with one attached hydrogen (secondary N) is 2. The zero-order valence-corrected chi connectivity index (χ0v) is 18.6. The molecule has 0 spiro atoms. The molecule has 2 amide bonds. The van der Waals surface area contributed by atoms with Gasteiger partial charge in [0, 0.05) is 16.5 Å². The van der Waals surface area contributed by atoms with Gasteiger partial charge in [-0.2, -0.15) is 0 Å². The molecule has 0 fully saturated rings. The Morgan fingerprint density at radius 1 is 1.23 bits per heavy atom. The summed E-state index contributed by atoms with van der Waals surface area (Å²) in [5.74, 6) is 1.41. The number of thiazole rings is 1.